The van der Waals surface area contributed by atoms with Gasteiger partial charge in [0.2, 0.25) is 5.91 Å². The zero-order valence-corrected chi connectivity index (χ0v) is 14.1. The van der Waals surface area contributed by atoms with E-state index in [-0.39, 0.29) is 11.3 Å². The van der Waals surface area contributed by atoms with Crippen molar-refractivity contribution in [3.05, 3.63) is 0 Å². The second kappa shape index (κ2) is 5.26. The van der Waals surface area contributed by atoms with Gasteiger partial charge in [0.05, 0.1) is 6.10 Å². The lowest BCUT2D eigenvalue weighted by Gasteiger charge is -2.53. The Hall–Kier alpha value is -0.570. The number of carbonyl (C=O) groups excluding carboxylic acids is 1. The monoisotopic (exact) mass is 293 g/mol. The first-order valence-electron chi connectivity index (χ1n) is 8.80. The lowest BCUT2D eigenvalue weighted by molar-refractivity contribution is -0.136. The topological polar surface area (TPSA) is 38.3 Å². The van der Waals surface area contributed by atoms with Crippen LogP contribution in [0.2, 0.25) is 0 Å². The van der Waals surface area contributed by atoms with E-state index < -0.39 is 0 Å². The number of hydrogen-bond donors (Lipinski definition) is 1. The van der Waals surface area contributed by atoms with Crippen LogP contribution in [0.3, 0.4) is 0 Å². The van der Waals surface area contributed by atoms with Crippen LogP contribution in [-0.2, 0) is 9.53 Å². The van der Waals surface area contributed by atoms with E-state index in [0.29, 0.717) is 23.5 Å². The molecule has 3 heteroatoms. The maximum atomic E-state index is 11.7. The summed E-state index contributed by atoms with van der Waals surface area (Å²) in [7, 11) is 0. The second-order valence-corrected chi connectivity index (χ2v) is 8.23. The Morgan fingerprint density at radius 3 is 2.81 bits per heavy atom. The number of rotatable bonds is 4. The minimum Gasteiger partial charge on any atom is -0.378 e. The van der Waals surface area contributed by atoms with E-state index in [2.05, 4.69) is 26.1 Å². The van der Waals surface area contributed by atoms with E-state index in [4.69, 9.17) is 4.74 Å². The van der Waals surface area contributed by atoms with Crippen molar-refractivity contribution in [2.75, 3.05) is 6.61 Å². The maximum absolute atomic E-state index is 11.7. The summed E-state index contributed by atoms with van der Waals surface area (Å²) in [4.78, 5) is 11.7. The van der Waals surface area contributed by atoms with E-state index in [1.54, 1.807) is 6.92 Å². The molecule has 1 amide bonds. The van der Waals surface area contributed by atoms with Gasteiger partial charge in [-0.05, 0) is 48.3 Å². The van der Waals surface area contributed by atoms with Crippen molar-refractivity contribution in [2.24, 2.45) is 22.7 Å². The minimum absolute atomic E-state index is 0.130. The van der Waals surface area contributed by atoms with Gasteiger partial charge in [-0.1, -0.05) is 33.6 Å². The molecular weight excluding hydrogens is 262 g/mol. The van der Waals surface area contributed by atoms with Crippen LogP contribution < -0.4 is 5.32 Å². The highest BCUT2D eigenvalue weighted by Gasteiger charge is 2.68. The van der Waals surface area contributed by atoms with Gasteiger partial charge in [0, 0.05) is 19.6 Å². The Bertz CT molecular complexity index is 419. The number of carbonyl (C=O) groups is 1. The zero-order valence-electron chi connectivity index (χ0n) is 14.1. The van der Waals surface area contributed by atoms with Crippen LogP contribution in [0.15, 0.2) is 0 Å². The zero-order chi connectivity index (χ0) is 15.3. The van der Waals surface area contributed by atoms with Crippen LogP contribution in [0.1, 0.15) is 66.2 Å². The van der Waals surface area contributed by atoms with E-state index in [9.17, 15) is 4.79 Å². The number of ether oxygens (including phenoxy) is 1. The summed E-state index contributed by atoms with van der Waals surface area (Å²) in [6.45, 7) is 9.52. The Morgan fingerprint density at radius 1 is 1.38 bits per heavy atom. The highest BCUT2D eigenvalue weighted by atomic mass is 16.5. The van der Waals surface area contributed by atoms with Crippen LogP contribution in [0, 0.1) is 22.7 Å². The highest BCUT2D eigenvalue weighted by Crippen LogP contribution is 2.68. The van der Waals surface area contributed by atoms with Crippen molar-refractivity contribution in [3.8, 4) is 0 Å². The van der Waals surface area contributed by atoms with Crippen LogP contribution in [0.5, 0.6) is 0 Å². The van der Waals surface area contributed by atoms with Crippen molar-refractivity contribution >= 4 is 5.91 Å². The van der Waals surface area contributed by atoms with Crippen molar-refractivity contribution in [1.29, 1.82) is 0 Å². The molecule has 0 unspecified atom stereocenters. The first kappa shape index (κ1) is 15.3. The number of unbranched alkanes of at least 4 members (excludes halogenated alkanes) is 1. The Balaban J connectivity index is 1.87. The lowest BCUT2D eigenvalue weighted by Crippen LogP contribution is -2.60. The van der Waals surface area contributed by atoms with Gasteiger partial charge < -0.3 is 10.1 Å². The van der Waals surface area contributed by atoms with Gasteiger partial charge in [0.25, 0.3) is 0 Å². The van der Waals surface area contributed by atoms with Gasteiger partial charge in [-0.2, -0.15) is 0 Å². The van der Waals surface area contributed by atoms with Crippen LogP contribution in [-0.4, -0.2) is 24.7 Å². The molecule has 1 heterocycles. The highest BCUT2D eigenvalue weighted by molar-refractivity contribution is 5.73. The minimum atomic E-state index is 0.130. The standard InChI is InChI=1S/C18H31NO2/c1-5-6-7-15-14-10-13-11-18(14,8-9-21-15)16(17(13,3)4)19-12(2)20/h13-16H,5-11H2,1-4H3,(H,19,20)/t13-,14-,15-,16+,18-/m1/s1. The summed E-state index contributed by atoms with van der Waals surface area (Å²) in [5.41, 5.74) is 0.533. The van der Waals surface area contributed by atoms with Crippen LogP contribution in [0.4, 0.5) is 0 Å². The van der Waals surface area contributed by atoms with Crippen molar-refractivity contribution in [3.63, 3.8) is 0 Å². The SMILES string of the molecule is CCCC[C@H]1OCC[C@@]23C[C@@H](C[C@H]12)C(C)(C)[C@@H]3NC(C)=O. The van der Waals surface area contributed by atoms with Crippen molar-refractivity contribution < 1.29 is 9.53 Å². The average molecular weight is 293 g/mol. The van der Waals surface area contributed by atoms with Gasteiger partial charge in [-0.15, -0.1) is 0 Å². The molecule has 1 spiro atoms. The molecule has 0 aromatic heterocycles. The quantitative estimate of drug-likeness (QED) is 0.861. The summed E-state index contributed by atoms with van der Waals surface area (Å²) in [5, 5.41) is 3.34. The molecule has 2 aliphatic carbocycles. The molecule has 2 bridgehead atoms. The lowest BCUT2D eigenvalue weighted by atomic mass is 9.59. The largest absolute Gasteiger partial charge is 0.378 e. The molecule has 0 aromatic rings. The maximum Gasteiger partial charge on any atom is 0.217 e. The number of nitrogens with one attached hydrogen (secondary N) is 1. The molecular formula is C18H31NO2. The molecule has 2 saturated carbocycles. The smallest absolute Gasteiger partial charge is 0.217 e. The summed E-state index contributed by atoms with van der Waals surface area (Å²) in [6.07, 6.45) is 7.85. The van der Waals surface area contributed by atoms with Gasteiger partial charge in [0.1, 0.15) is 0 Å². The molecule has 3 rings (SSSR count). The summed E-state index contributed by atoms with van der Waals surface area (Å²) < 4.78 is 6.15. The van der Waals surface area contributed by atoms with E-state index >= 15 is 0 Å². The van der Waals surface area contributed by atoms with Gasteiger partial charge in [-0.3, -0.25) is 4.79 Å². The first-order chi connectivity index (χ1) is 9.91. The molecule has 1 N–H and O–H groups in total. The third-order valence-electron chi connectivity index (χ3n) is 6.81. The van der Waals surface area contributed by atoms with E-state index in [0.717, 1.165) is 18.9 Å². The molecule has 21 heavy (non-hydrogen) atoms. The molecule has 120 valence electrons. The predicted octanol–water partition coefficient (Wildman–Crippen LogP) is 3.52. The normalized spacial score (nSPS) is 43.6. The average Bonchev–Trinajstić information content (AvgIpc) is 2.90. The second-order valence-electron chi connectivity index (χ2n) is 8.23. The molecule has 0 radical (unpaired) electrons. The van der Waals surface area contributed by atoms with Gasteiger partial charge in [0.15, 0.2) is 0 Å². The van der Waals surface area contributed by atoms with Crippen molar-refractivity contribution in [2.45, 2.75) is 78.4 Å². The molecule has 1 saturated heterocycles. The molecule has 0 aromatic carbocycles. The van der Waals surface area contributed by atoms with Crippen LogP contribution in [0.25, 0.3) is 0 Å². The number of hydrogen-bond acceptors (Lipinski definition) is 2. The van der Waals surface area contributed by atoms with Gasteiger partial charge >= 0.3 is 0 Å². The number of amides is 1. The third-order valence-corrected chi connectivity index (χ3v) is 6.81. The fourth-order valence-corrected chi connectivity index (χ4v) is 5.80. The predicted molar refractivity (Wildman–Crippen MR) is 83.9 cm³/mol. The summed E-state index contributed by atoms with van der Waals surface area (Å²) >= 11 is 0. The molecule has 3 fully saturated rings. The summed E-state index contributed by atoms with van der Waals surface area (Å²) in [6, 6.07) is 0.333. The molecule has 3 aliphatic rings. The number of fused-ring (bicyclic) bond motifs is 1. The molecule has 1 aliphatic heterocycles. The summed E-state index contributed by atoms with van der Waals surface area (Å²) in [5.74, 6) is 1.53. The van der Waals surface area contributed by atoms with Crippen LogP contribution >= 0.6 is 0 Å². The molecule has 5 atom stereocenters. The Kier molecular flexibility index (Phi) is 3.84. The third kappa shape index (κ3) is 2.23. The fourth-order valence-electron chi connectivity index (χ4n) is 5.80. The fraction of sp³-hybridized carbons (Fsp3) is 0.944. The van der Waals surface area contributed by atoms with Gasteiger partial charge in [-0.25, -0.2) is 0 Å². The van der Waals surface area contributed by atoms with E-state index in [1.165, 1.54) is 32.1 Å². The van der Waals surface area contributed by atoms with E-state index in [1.807, 2.05) is 0 Å². The Morgan fingerprint density at radius 2 is 2.14 bits per heavy atom. The van der Waals surface area contributed by atoms with Crippen molar-refractivity contribution in [1.82, 2.24) is 5.32 Å². The Labute approximate surface area is 129 Å². The molecule has 3 nitrogen and oxygen atoms in total. The first-order valence-corrected chi connectivity index (χ1v) is 8.80.